The number of aromatic amines is 1. The molecule has 0 saturated heterocycles. The van der Waals surface area contributed by atoms with E-state index in [1.54, 1.807) is 10.6 Å². The molecule has 0 aliphatic rings. The highest BCUT2D eigenvalue weighted by Crippen LogP contribution is 2.08. The van der Waals surface area contributed by atoms with Crippen LogP contribution < -0.4 is 10.4 Å². The molecule has 1 N–H and O–H groups in total. The van der Waals surface area contributed by atoms with Crippen molar-refractivity contribution in [1.29, 1.82) is 0 Å². The number of nitrogens with zero attached hydrogens (tertiary/aromatic N) is 3. The fourth-order valence-corrected chi connectivity index (χ4v) is 3.75. The summed E-state index contributed by atoms with van der Waals surface area (Å²) in [6.07, 6.45) is 4.66. The number of thiazole rings is 1. The number of hydrogen-bond acceptors (Lipinski definition) is 4. The number of carbonyl (C=O) groups is 1. The summed E-state index contributed by atoms with van der Waals surface area (Å²) >= 11 is 6.75. The van der Waals surface area contributed by atoms with Crippen molar-refractivity contribution in [1.82, 2.24) is 14.1 Å². The Hall–Kier alpha value is -2.32. The number of rotatable bonds is 6. The van der Waals surface area contributed by atoms with E-state index >= 15 is 0 Å². The number of fused-ring (bicyclic) bond motifs is 1. The van der Waals surface area contributed by atoms with Crippen LogP contribution in [0, 0.1) is 4.77 Å². The quantitative estimate of drug-likeness (QED) is 0.521. The van der Waals surface area contributed by atoms with Gasteiger partial charge in [-0.2, -0.15) is 4.99 Å². The van der Waals surface area contributed by atoms with Crippen molar-refractivity contribution in [3.8, 4) is 0 Å². The van der Waals surface area contributed by atoms with Crippen LogP contribution in [-0.4, -0.2) is 20.0 Å². The maximum absolute atomic E-state index is 12.5. The summed E-state index contributed by atoms with van der Waals surface area (Å²) < 4.78 is 3.86. The molecule has 0 unspecified atom stereocenters. The normalized spacial score (nSPS) is 12.0. The van der Waals surface area contributed by atoms with E-state index in [-0.39, 0.29) is 11.5 Å². The monoisotopic (exact) mass is 388 g/mol. The Labute approximate surface area is 159 Å². The van der Waals surface area contributed by atoms with Crippen LogP contribution in [0.25, 0.3) is 10.9 Å². The lowest BCUT2D eigenvalue weighted by Gasteiger charge is -2.07. The van der Waals surface area contributed by atoms with E-state index in [0.29, 0.717) is 27.9 Å². The van der Waals surface area contributed by atoms with Gasteiger partial charge in [0.25, 0.3) is 5.56 Å². The standard InChI is InChI=1S/C18H20N4O2S2/c1-21-11-12-26-18(21)20-15(23)9-3-2-6-10-22-16(24)13-7-4-5-8-14(13)19-17(22)25/h4-5,7-8,11-12H,2-3,6,9-10H2,1H3,(H,19,25). The molecule has 0 fully saturated rings. The topological polar surface area (TPSA) is 72.2 Å². The minimum atomic E-state index is -0.108. The van der Waals surface area contributed by atoms with Crippen LogP contribution in [0.15, 0.2) is 45.6 Å². The summed E-state index contributed by atoms with van der Waals surface area (Å²) in [7, 11) is 1.87. The van der Waals surface area contributed by atoms with Crippen molar-refractivity contribution in [2.75, 3.05) is 0 Å². The molecule has 0 radical (unpaired) electrons. The van der Waals surface area contributed by atoms with E-state index in [4.69, 9.17) is 12.2 Å². The zero-order valence-electron chi connectivity index (χ0n) is 14.5. The second-order valence-corrected chi connectivity index (χ2v) is 7.30. The molecule has 1 amide bonds. The summed E-state index contributed by atoms with van der Waals surface area (Å²) in [6.45, 7) is 0.546. The molecule has 1 aromatic carbocycles. The van der Waals surface area contributed by atoms with Gasteiger partial charge in [-0.15, -0.1) is 11.3 Å². The fraction of sp³-hybridized carbons (Fsp3) is 0.333. The lowest BCUT2D eigenvalue weighted by Crippen LogP contribution is -2.22. The van der Waals surface area contributed by atoms with Gasteiger partial charge in [0, 0.05) is 31.6 Å². The molecule has 0 aliphatic heterocycles. The van der Waals surface area contributed by atoms with Gasteiger partial charge in [-0.3, -0.25) is 14.2 Å². The van der Waals surface area contributed by atoms with Gasteiger partial charge < -0.3 is 9.55 Å². The second-order valence-electron chi connectivity index (χ2n) is 6.05. The molecular formula is C18H20N4O2S2. The van der Waals surface area contributed by atoms with E-state index in [9.17, 15) is 9.59 Å². The summed E-state index contributed by atoms with van der Waals surface area (Å²) in [5, 5.41) is 2.54. The molecule has 8 heteroatoms. The molecule has 0 saturated carbocycles. The first-order valence-corrected chi connectivity index (χ1v) is 9.74. The summed E-state index contributed by atoms with van der Waals surface area (Å²) in [4.78, 5) is 32.3. The van der Waals surface area contributed by atoms with Crippen molar-refractivity contribution in [2.45, 2.75) is 32.2 Å². The Morgan fingerprint density at radius 3 is 2.85 bits per heavy atom. The third-order valence-electron chi connectivity index (χ3n) is 4.14. The number of nitrogens with one attached hydrogen (secondary N) is 1. The SMILES string of the molecule is Cn1ccsc1=NC(=O)CCCCCn1c(=S)[nH]c2ccccc2c1=O. The van der Waals surface area contributed by atoms with E-state index in [1.807, 2.05) is 41.4 Å². The van der Waals surface area contributed by atoms with Crippen molar-refractivity contribution in [3.63, 3.8) is 0 Å². The number of benzene rings is 1. The van der Waals surface area contributed by atoms with Crippen LogP contribution in [0.3, 0.4) is 0 Å². The molecule has 3 rings (SSSR count). The van der Waals surface area contributed by atoms with Crippen molar-refractivity contribution in [2.24, 2.45) is 12.0 Å². The lowest BCUT2D eigenvalue weighted by molar-refractivity contribution is -0.118. The highest BCUT2D eigenvalue weighted by molar-refractivity contribution is 7.71. The first-order chi connectivity index (χ1) is 12.6. The first kappa shape index (κ1) is 18.5. The number of carbonyl (C=O) groups excluding carboxylic acids is 1. The molecule has 0 bridgehead atoms. The van der Waals surface area contributed by atoms with Gasteiger partial charge in [-0.25, -0.2) is 0 Å². The average molecular weight is 389 g/mol. The molecule has 6 nitrogen and oxygen atoms in total. The number of aromatic nitrogens is 3. The Morgan fingerprint density at radius 1 is 1.27 bits per heavy atom. The molecule has 2 aromatic heterocycles. The van der Waals surface area contributed by atoms with Gasteiger partial charge in [0.05, 0.1) is 10.9 Å². The van der Waals surface area contributed by atoms with E-state index < -0.39 is 0 Å². The van der Waals surface area contributed by atoms with Crippen LogP contribution in [0.4, 0.5) is 0 Å². The van der Waals surface area contributed by atoms with Gasteiger partial charge in [-0.1, -0.05) is 18.6 Å². The minimum absolute atomic E-state index is 0.0689. The zero-order chi connectivity index (χ0) is 18.5. The van der Waals surface area contributed by atoms with Gasteiger partial charge >= 0.3 is 0 Å². The molecule has 136 valence electrons. The molecule has 2 heterocycles. The highest BCUT2D eigenvalue weighted by atomic mass is 32.1. The third kappa shape index (κ3) is 4.25. The predicted molar refractivity (Wildman–Crippen MR) is 106 cm³/mol. The summed E-state index contributed by atoms with van der Waals surface area (Å²) in [5.41, 5.74) is 0.688. The number of para-hydroxylation sites is 1. The maximum atomic E-state index is 12.5. The predicted octanol–water partition coefficient (Wildman–Crippen LogP) is 3.15. The molecular weight excluding hydrogens is 368 g/mol. The number of H-pyrrole nitrogens is 1. The van der Waals surface area contributed by atoms with Crippen LogP contribution >= 0.6 is 23.6 Å². The Morgan fingerprint density at radius 2 is 2.08 bits per heavy atom. The largest absolute Gasteiger partial charge is 0.332 e. The van der Waals surface area contributed by atoms with E-state index in [1.165, 1.54) is 11.3 Å². The Kier molecular flexibility index (Phi) is 5.95. The van der Waals surface area contributed by atoms with Crippen molar-refractivity contribution >= 4 is 40.4 Å². The molecule has 3 aromatic rings. The van der Waals surface area contributed by atoms with Gasteiger partial charge in [0.15, 0.2) is 9.57 Å². The molecule has 26 heavy (non-hydrogen) atoms. The maximum Gasteiger partial charge on any atom is 0.262 e. The van der Waals surface area contributed by atoms with Crippen molar-refractivity contribution in [3.05, 3.63) is 55.8 Å². The summed E-state index contributed by atoms with van der Waals surface area (Å²) in [6, 6.07) is 7.35. The number of hydrogen-bond donors (Lipinski definition) is 1. The van der Waals surface area contributed by atoms with Crippen molar-refractivity contribution < 1.29 is 4.79 Å². The second kappa shape index (κ2) is 8.37. The third-order valence-corrected chi connectivity index (χ3v) is 5.31. The molecule has 0 atom stereocenters. The van der Waals surface area contributed by atoms with E-state index in [0.717, 1.165) is 24.8 Å². The summed E-state index contributed by atoms with van der Waals surface area (Å²) in [5.74, 6) is -0.108. The first-order valence-electron chi connectivity index (χ1n) is 8.46. The fourth-order valence-electron chi connectivity index (χ4n) is 2.72. The smallest absolute Gasteiger partial charge is 0.262 e. The van der Waals surface area contributed by atoms with Gasteiger partial charge in [0.1, 0.15) is 0 Å². The number of unbranched alkanes of at least 4 members (excludes halogenated alkanes) is 2. The van der Waals surface area contributed by atoms with Crippen LogP contribution in [0.2, 0.25) is 0 Å². The van der Waals surface area contributed by atoms with Gasteiger partial charge in [0.2, 0.25) is 5.91 Å². The number of aryl methyl sites for hydroxylation is 1. The van der Waals surface area contributed by atoms with E-state index in [2.05, 4.69) is 9.98 Å². The number of amides is 1. The van der Waals surface area contributed by atoms with Crippen LogP contribution in [-0.2, 0) is 18.4 Å². The average Bonchev–Trinajstić information content (AvgIpc) is 3.02. The Bertz CT molecular complexity index is 1100. The minimum Gasteiger partial charge on any atom is -0.332 e. The lowest BCUT2D eigenvalue weighted by atomic mass is 10.2. The molecule has 0 spiro atoms. The zero-order valence-corrected chi connectivity index (χ0v) is 16.1. The Balaban J connectivity index is 1.55. The van der Waals surface area contributed by atoms with Crippen LogP contribution in [0.1, 0.15) is 25.7 Å². The van der Waals surface area contributed by atoms with Crippen LogP contribution in [0.5, 0.6) is 0 Å². The van der Waals surface area contributed by atoms with Gasteiger partial charge in [-0.05, 0) is 37.2 Å². The molecule has 0 aliphatic carbocycles. The highest BCUT2D eigenvalue weighted by Gasteiger charge is 2.05.